The van der Waals surface area contributed by atoms with E-state index in [1.165, 1.54) is 0 Å². The number of para-hydroxylation sites is 1. The van der Waals surface area contributed by atoms with E-state index < -0.39 is 0 Å². The van der Waals surface area contributed by atoms with Crippen molar-refractivity contribution >= 4 is 17.6 Å². The SMILES string of the molecule is CCCN(CC(=O)N1CCn2cccc2[C@@H]1c1cccc(Oc2ccccc2)c1)C(=O)Nc1ccc(OC)cc1. The second-order valence-electron chi connectivity index (χ2n) is 9.68. The molecule has 4 aromatic rings. The van der Waals surface area contributed by atoms with Crippen LogP contribution in [0.15, 0.2) is 97.2 Å². The largest absolute Gasteiger partial charge is 0.497 e. The molecule has 0 saturated carbocycles. The Morgan fingerprint density at radius 3 is 2.42 bits per heavy atom. The lowest BCUT2D eigenvalue weighted by atomic mass is 9.99. The summed E-state index contributed by atoms with van der Waals surface area (Å²) in [7, 11) is 1.60. The van der Waals surface area contributed by atoms with Crippen molar-refractivity contribution in [3.63, 3.8) is 0 Å². The molecule has 1 aliphatic heterocycles. The van der Waals surface area contributed by atoms with Crippen LogP contribution in [0.2, 0.25) is 0 Å². The summed E-state index contributed by atoms with van der Waals surface area (Å²) in [6.45, 7) is 3.66. The van der Waals surface area contributed by atoms with E-state index in [2.05, 4.69) is 16.0 Å². The fraction of sp³-hybridized carbons (Fsp3) is 0.250. The number of hydrogen-bond acceptors (Lipinski definition) is 4. The minimum atomic E-state index is -0.310. The van der Waals surface area contributed by atoms with E-state index in [4.69, 9.17) is 9.47 Å². The van der Waals surface area contributed by atoms with Gasteiger partial charge in [-0.05, 0) is 72.6 Å². The number of anilines is 1. The topological polar surface area (TPSA) is 76.0 Å². The predicted octanol–water partition coefficient (Wildman–Crippen LogP) is 6.16. The Kier molecular flexibility index (Phi) is 8.35. The van der Waals surface area contributed by atoms with Gasteiger partial charge in [0.2, 0.25) is 5.91 Å². The van der Waals surface area contributed by atoms with Crippen molar-refractivity contribution in [3.05, 3.63) is 108 Å². The predicted molar refractivity (Wildman–Crippen MR) is 155 cm³/mol. The summed E-state index contributed by atoms with van der Waals surface area (Å²) >= 11 is 0. The van der Waals surface area contributed by atoms with E-state index in [-0.39, 0.29) is 24.5 Å². The summed E-state index contributed by atoms with van der Waals surface area (Å²) < 4.78 is 13.5. The van der Waals surface area contributed by atoms with Gasteiger partial charge in [0.05, 0.1) is 13.2 Å². The van der Waals surface area contributed by atoms with Crippen molar-refractivity contribution in [3.8, 4) is 17.2 Å². The minimum absolute atomic E-state index is 0.0206. The lowest BCUT2D eigenvalue weighted by Gasteiger charge is -2.38. The molecule has 40 heavy (non-hydrogen) atoms. The van der Waals surface area contributed by atoms with Crippen molar-refractivity contribution in [2.24, 2.45) is 0 Å². The molecule has 1 atom stereocenters. The zero-order valence-electron chi connectivity index (χ0n) is 22.8. The zero-order valence-corrected chi connectivity index (χ0v) is 22.8. The van der Waals surface area contributed by atoms with E-state index in [1.807, 2.05) is 78.7 Å². The van der Waals surface area contributed by atoms with Crippen molar-refractivity contribution in [1.82, 2.24) is 14.4 Å². The van der Waals surface area contributed by atoms with Crippen LogP contribution in [0.1, 0.15) is 30.6 Å². The van der Waals surface area contributed by atoms with Crippen LogP contribution in [0.4, 0.5) is 10.5 Å². The molecule has 0 unspecified atom stereocenters. The molecule has 8 nitrogen and oxygen atoms in total. The number of urea groups is 1. The first kappa shape index (κ1) is 26.9. The molecule has 206 valence electrons. The highest BCUT2D eigenvalue weighted by Gasteiger charge is 2.33. The van der Waals surface area contributed by atoms with Crippen molar-refractivity contribution < 1.29 is 19.1 Å². The molecule has 0 spiro atoms. The Bertz CT molecular complexity index is 1430. The molecule has 1 N–H and O–H groups in total. The molecule has 0 fully saturated rings. The van der Waals surface area contributed by atoms with Crippen molar-refractivity contribution in [1.29, 1.82) is 0 Å². The summed E-state index contributed by atoms with van der Waals surface area (Å²) in [6.07, 6.45) is 2.77. The van der Waals surface area contributed by atoms with Crippen molar-refractivity contribution in [2.75, 3.05) is 32.1 Å². The van der Waals surface area contributed by atoms with Crippen LogP contribution >= 0.6 is 0 Å². The monoisotopic (exact) mass is 538 g/mol. The van der Waals surface area contributed by atoms with Crippen LogP contribution in [0.5, 0.6) is 17.2 Å². The number of rotatable bonds is 9. The highest BCUT2D eigenvalue weighted by Crippen LogP contribution is 2.35. The first-order valence-corrected chi connectivity index (χ1v) is 13.5. The average Bonchev–Trinajstić information content (AvgIpc) is 3.46. The number of nitrogens with one attached hydrogen (secondary N) is 1. The molecule has 1 aliphatic rings. The number of carbonyl (C=O) groups excluding carboxylic acids is 2. The fourth-order valence-electron chi connectivity index (χ4n) is 5.03. The first-order chi connectivity index (χ1) is 19.6. The molecule has 3 aromatic carbocycles. The Morgan fingerprint density at radius 1 is 0.900 bits per heavy atom. The number of benzene rings is 3. The quantitative estimate of drug-likeness (QED) is 0.277. The minimum Gasteiger partial charge on any atom is -0.497 e. The second kappa shape index (κ2) is 12.4. The molecule has 0 aliphatic carbocycles. The standard InChI is InChI=1S/C32H34N4O4/c1-3-18-35(32(38)33-25-14-16-26(39-2)17-15-25)23-30(37)36-21-20-34-19-8-13-29(34)31(36)24-9-7-12-28(22-24)40-27-10-5-4-6-11-27/h4-17,19,22,31H,3,18,20-21,23H2,1-2H3,(H,33,38)/t31-/m0/s1. The molecule has 1 aromatic heterocycles. The summed E-state index contributed by atoms with van der Waals surface area (Å²) in [5.41, 5.74) is 2.62. The molecular weight excluding hydrogens is 504 g/mol. The van der Waals surface area contributed by atoms with Gasteiger partial charge in [0.1, 0.15) is 23.8 Å². The summed E-state index contributed by atoms with van der Waals surface area (Å²) in [5, 5.41) is 2.91. The van der Waals surface area contributed by atoms with E-state index >= 15 is 0 Å². The lowest BCUT2D eigenvalue weighted by molar-refractivity contribution is -0.134. The Labute approximate surface area is 234 Å². The van der Waals surface area contributed by atoms with Crippen molar-refractivity contribution in [2.45, 2.75) is 25.9 Å². The van der Waals surface area contributed by atoms with Crippen LogP contribution in [-0.4, -0.2) is 53.0 Å². The van der Waals surface area contributed by atoms with Gasteiger partial charge in [0, 0.05) is 37.2 Å². The van der Waals surface area contributed by atoms with Crippen LogP contribution in [0.3, 0.4) is 0 Å². The van der Waals surface area contributed by atoms with Gasteiger partial charge in [-0.25, -0.2) is 4.79 Å². The van der Waals surface area contributed by atoms with Gasteiger partial charge in [0.25, 0.3) is 0 Å². The lowest BCUT2D eigenvalue weighted by Crippen LogP contribution is -2.48. The molecule has 5 rings (SSSR count). The zero-order chi connectivity index (χ0) is 27.9. The summed E-state index contributed by atoms with van der Waals surface area (Å²) in [4.78, 5) is 30.5. The van der Waals surface area contributed by atoms with Crippen LogP contribution in [0, 0.1) is 0 Å². The number of aromatic nitrogens is 1. The summed E-state index contributed by atoms with van der Waals surface area (Å²) in [5.74, 6) is 2.05. The van der Waals surface area contributed by atoms with Gasteiger partial charge in [-0.1, -0.05) is 37.3 Å². The fourth-order valence-corrected chi connectivity index (χ4v) is 5.03. The number of hydrogen-bond donors (Lipinski definition) is 1. The van der Waals surface area contributed by atoms with Crippen LogP contribution < -0.4 is 14.8 Å². The highest BCUT2D eigenvalue weighted by atomic mass is 16.5. The number of ether oxygens (including phenoxy) is 2. The number of fused-ring (bicyclic) bond motifs is 1. The number of methoxy groups -OCH3 is 1. The molecule has 0 saturated heterocycles. The molecule has 0 radical (unpaired) electrons. The normalized spacial score (nSPS) is 14.2. The molecule has 8 heteroatoms. The Hall–Kier alpha value is -4.72. The van der Waals surface area contributed by atoms with Gasteiger partial charge in [-0.15, -0.1) is 0 Å². The van der Waals surface area contributed by atoms with Gasteiger partial charge in [-0.3, -0.25) is 4.79 Å². The van der Waals surface area contributed by atoms with Gasteiger partial charge in [0.15, 0.2) is 0 Å². The third kappa shape index (κ3) is 6.12. The third-order valence-electron chi connectivity index (χ3n) is 6.96. The number of carbonyl (C=O) groups is 2. The molecule has 2 heterocycles. The van der Waals surface area contributed by atoms with E-state index in [0.717, 1.165) is 23.4 Å². The Balaban J connectivity index is 1.36. The molecule has 0 bridgehead atoms. The molecule has 3 amide bonds. The maximum atomic E-state index is 13.9. The van der Waals surface area contributed by atoms with E-state index in [1.54, 1.807) is 36.3 Å². The third-order valence-corrected chi connectivity index (χ3v) is 6.96. The smallest absolute Gasteiger partial charge is 0.322 e. The Morgan fingerprint density at radius 2 is 1.68 bits per heavy atom. The second-order valence-corrected chi connectivity index (χ2v) is 9.68. The van der Waals surface area contributed by atoms with Crippen LogP contribution in [0.25, 0.3) is 0 Å². The van der Waals surface area contributed by atoms with E-state index in [9.17, 15) is 9.59 Å². The maximum Gasteiger partial charge on any atom is 0.322 e. The number of amides is 3. The number of nitrogens with zero attached hydrogens (tertiary/aromatic N) is 3. The van der Waals surface area contributed by atoms with Crippen LogP contribution in [-0.2, 0) is 11.3 Å². The van der Waals surface area contributed by atoms with Gasteiger partial charge in [-0.2, -0.15) is 0 Å². The highest BCUT2D eigenvalue weighted by molar-refractivity contribution is 5.92. The van der Waals surface area contributed by atoms with Gasteiger partial charge >= 0.3 is 6.03 Å². The summed E-state index contributed by atoms with van der Waals surface area (Å²) in [6, 6.07) is 28.1. The maximum absolute atomic E-state index is 13.9. The van der Waals surface area contributed by atoms with Gasteiger partial charge < -0.3 is 29.2 Å². The first-order valence-electron chi connectivity index (χ1n) is 13.5. The average molecular weight is 539 g/mol. The molecular formula is C32H34N4O4. The van der Waals surface area contributed by atoms with E-state index in [0.29, 0.717) is 36.8 Å².